The lowest BCUT2D eigenvalue weighted by Crippen LogP contribution is -2.38. The second kappa shape index (κ2) is 6.24. The van der Waals surface area contributed by atoms with Crippen LogP contribution in [0.4, 0.5) is 5.69 Å². The van der Waals surface area contributed by atoms with Gasteiger partial charge >= 0.3 is 11.8 Å². The zero-order chi connectivity index (χ0) is 16.4. The molecule has 0 saturated carbocycles. The molecule has 6 heteroatoms. The van der Waals surface area contributed by atoms with Crippen molar-refractivity contribution >= 4 is 17.5 Å². The maximum Gasteiger partial charge on any atom is 0.313 e. The molecule has 2 amide bonds. The standard InChI is InChI=1S/C17H20N4O2/c1-11-6-8-12(9-7-11)19-16(22)17(23)20-14-4-3-5-15-13(14)10-18-21(15)2/h6-10,14H,3-5H2,1-2H3,(H,19,22)(H,20,23). The minimum absolute atomic E-state index is 0.149. The lowest BCUT2D eigenvalue weighted by Gasteiger charge is -2.23. The van der Waals surface area contributed by atoms with Gasteiger partial charge in [-0.25, -0.2) is 0 Å². The fourth-order valence-electron chi connectivity index (χ4n) is 2.90. The number of nitrogens with one attached hydrogen (secondary N) is 2. The van der Waals surface area contributed by atoms with Gasteiger partial charge in [0, 0.05) is 24.0 Å². The van der Waals surface area contributed by atoms with Crippen LogP contribution in [-0.2, 0) is 23.1 Å². The summed E-state index contributed by atoms with van der Waals surface area (Å²) < 4.78 is 1.83. The molecule has 1 aliphatic rings. The highest BCUT2D eigenvalue weighted by Crippen LogP contribution is 2.29. The number of rotatable bonds is 2. The number of nitrogens with zero attached hydrogens (tertiary/aromatic N) is 2. The Morgan fingerprint density at radius 1 is 1.22 bits per heavy atom. The zero-order valence-corrected chi connectivity index (χ0v) is 13.3. The predicted octanol–water partition coefficient (Wildman–Crippen LogP) is 1.86. The summed E-state index contributed by atoms with van der Waals surface area (Å²) in [6.45, 7) is 1.97. The Hall–Kier alpha value is -2.63. The number of aromatic nitrogens is 2. The highest BCUT2D eigenvalue weighted by atomic mass is 16.2. The van der Waals surface area contributed by atoms with Crippen molar-refractivity contribution in [2.24, 2.45) is 7.05 Å². The van der Waals surface area contributed by atoms with E-state index >= 15 is 0 Å². The van der Waals surface area contributed by atoms with Crippen molar-refractivity contribution in [3.05, 3.63) is 47.3 Å². The molecule has 1 heterocycles. The van der Waals surface area contributed by atoms with Gasteiger partial charge < -0.3 is 10.6 Å². The average molecular weight is 312 g/mol. The molecule has 3 rings (SSSR count). The number of carbonyl (C=O) groups excluding carboxylic acids is 2. The van der Waals surface area contributed by atoms with Gasteiger partial charge in [-0.1, -0.05) is 17.7 Å². The maximum atomic E-state index is 12.1. The monoisotopic (exact) mass is 312 g/mol. The summed E-state index contributed by atoms with van der Waals surface area (Å²) >= 11 is 0. The van der Waals surface area contributed by atoms with E-state index in [9.17, 15) is 9.59 Å². The zero-order valence-electron chi connectivity index (χ0n) is 13.3. The summed E-state index contributed by atoms with van der Waals surface area (Å²) in [6.07, 6.45) is 4.52. The molecule has 6 nitrogen and oxygen atoms in total. The minimum Gasteiger partial charge on any atom is -0.341 e. The topological polar surface area (TPSA) is 76.0 Å². The number of anilines is 1. The van der Waals surface area contributed by atoms with Crippen LogP contribution in [-0.4, -0.2) is 21.6 Å². The second-order valence-corrected chi connectivity index (χ2v) is 5.91. The van der Waals surface area contributed by atoms with E-state index in [1.54, 1.807) is 18.3 Å². The highest BCUT2D eigenvalue weighted by molar-refractivity contribution is 6.39. The molecule has 2 N–H and O–H groups in total. The number of hydrogen-bond acceptors (Lipinski definition) is 3. The van der Waals surface area contributed by atoms with Crippen LogP contribution in [0.25, 0.3) is 0 Å². The van der Waals surface area contributed by atoms with E-state index in [0.717, 1.165) is 36.1 Å². The molecule has 1 aromatic heterocycles. The van der Waals surface area contributed by atoms with Crippen LogP contribution in [0.15, 0.2) is 30.5 Å². The summed E-state index contributed by atoms with van der Waals surface area (Å²) in [5.74, 6) is -1.27. The van der Waals surface area contributed by atoms with Gasteiger partial charge in [0.1, 0.15) is 0 Å². The SMILES string of the molecule is Cc1ccc(NC(=O)C(=O)NC2CCCc3c2cnn3C)cc1. The van der Waals surface area contributed by atoms with Crippen molar-refractivity contribution in [3.8, 4) is 0 Å². The van der Waals surface area contributed by atoms with Crippen LogP contribution in [0, 0.1) is 6.92 Å². The van der Waals surface area contributed by atoms with Crippen LogP contribution in [0.3, 0.4) is 0 Å². The van der Waals surface area contributed by atoms with Gasteiger partial charge in [0.05, 0.1) is 12.2 Å². The van der Waals surface area contributed by atoms with Crippen molar-refractivity contribution in [2.45, 2.75) is 32.2 Å². The largest absolute Gasteiger partial charge is 0.341 e. The van der Waals surface area contributed by atoms with Crippen molar-refractivity contribution in [2.75, 3.05) is 5.32 Å². The number of benzene rings is 1. The molecule has 23 heavy (non-hydrogen) atoms. The smallest absolute Gasteiger partial charge is 0.313 e. The molecule has 1 aliphatic carbocycles. The van der Waals surface area contributed by atoms with Gasteiger partial charge in [-0.2, -0.15) is 5.10 Å². The first-order valence-corrected chi connectivity index (χ1v) is 7.74. The van der Waals surface area contributed by atoms with Crippen molar-refractivity contribution in [1.82, 2.24) is 15.1 Å². The van der Waals surface area contributed by atoms with Gasteiger partial charge in [-0.05, 0) is 38.3 Å². The predicted molar refractivity (Wildman–Crippen MR) is 86.8 cm³/mol. The van der Waals surface area contributed by atoms with Crippen LogP contribution >= 0.6 is 0 Å². The summed E-state index contributed by atoms with van der Waals surface area (Å²) in [4.78, 5) is 24.2. The number of fused-ring (bicyclic) bond motifs is 1. The Kier molecular flexibility index (Phi) is 4.14. The molecular weight excluding hydrogens is 292 g/mol. The summed E-state index contributed by atoms with van der Waals surface area (Å²) in [5, 5.41) is 9.67. The lowest BCUT2D eigenvalue weighted by atomic mass is 9.93. The average Bonchev–Trinajstić information content (AvgIpc) is 2.92. The Bertz CT molecular complexity index is 734. The Morgan fingerprint density at radius 2 is 1.96 bits per heavy atom. The molecule has 120 valence electrons. The Labute approximate surface area is 134 Å². The normalized spacial score (nSPS) is 16.5. The Morgan fingerprint density at radius 3 is 2.70 bits per heavy atom. The van der Waals surface area contributed by atoms with E-state index in [0.29, 0.717) is 5.69 Å². The summed E-state index contributed by atoms with van der Waals surface area (Å²) in [7, 11) is 1.90. The second-order valence-electron chi connectivity index (χ2n) is 5.91. The van der Waals surface area contributed by atoms with Gasteiger partial charge in [0.2, 0.25) is 0 Å². The molecule has 0 saturated heterocycles. The van der Waals surface area contributed by atoms with Crippen molar-refractivity contribution in [1.29, 1.82) is 0 Å². The van der Waals surface area contributed by atoms with Gasteiger partial charge in [-0.15, -0.1) is 0 Å². The van der Waals surface area contributed by atoms with Crippen LogP contribution < -0.4 is 10.6 Å². The molecule has 1 atom stereocenters. The van der Waals surface area contributed by atoms with E-state index in [2.05, 4.69) is 15.7 Å². The third-order valence-electron chi connectivity index (χ3n) is 4.20. The van der Waals surface area contributed by atoms with Crippen LogP contribution in [0.5, 0.6) is 0 Å². The van der Waals surface area contributed by atoms with Crippen molar-refractivity contribution in [3.63, 3.8) is 0 Å². The molecule has 0 bridgehead atoms. The minimum atomic E-state index is -0.648. The van der Waals surface area contributed by atoms with Gasteiger partial charge in [0.15, 0.2) is 0 Å². The number of carbonyl (C=O) groups is 2. The molecule has 0 radical (unpaired) electrons. The molecule has 2 aromatic rings. The molecule has 1 aromatic carbocycles. The number of hydrogen-bond donors (Lipinski definition) is 2. The first-order valence-electron chi connectivity index (χ1n) is 7.74. The molecule has 1 unspecified atom stereocenters. The Balaban J connectivity index is 1.65. The van der Waals surface area contributed by atoms with Crippen LogP contribution in [0.1, 0.15) is 35.7 Å². The summed E-state index contributed by atoms with van der Waals surface area (Å²) in [6, 6.07) is 7.18. The number of amides is 2. The molecular formula is C17H20N4O2. The van der Waals surface area contributed by atoms with Crippen molar-refractivity contribution < 1.29 is 9.59 Å². The maximum absolute atomic E-state index is 12.1. The van der Waals surface area contributed by atoms with E-state index in [4.69, 9.17) is 0 Å². The first-order chi connectivity index (χ1) is 11.0. The molecule has 0 fully saturated rings. The highest BCUT2D eigenvalue weighted by Gasteiger charge is 2.26. The quantitative estimate of drug-likeness (QED) is 0.831. The molecule has 0 aliphatic heterocycles. The first kappa shape index (κ1) is 15.3. The fourth-order valence-corrected chi connectivity index (χ4v) is 2.90. The van der Waals surface area contributed by atoms with E-state index in [1.165, 1.54) is 0 Å². The lowest BCUT2D eigenvalue weighted by molar-refractivity contribution is -0.136. The third kappa shape index (κ3) is 3.26. The van der Waals surface area contributed by atoms with E-state index in [1.807, 2.05) is 30.8 Å². The van der Waals surface area contributed by atoms with Gasteiger partial charge in [-0.3, -0.25) is 14.3 Å². The van der Waals surface area contributed by atoms with E-state index in [-0.39, 0.29) is 6.04 Å². The number of aryl methyl sites for hydroxylation is 2. The van der Waals surface area contributed by atoms with Crippen LogP contribution in [0.2, 0.25) is 0 Å². The van der Waals surface area contributed by atoms with E-state index < -0.39 is 11.8 Å². The summed E-state index contributed by atoms with van der Waals surface area (Å²) in [5.41, 5.74) is 3.84. The molecule has 0 spiro atoms. The fraction of sp³-hybridized carbons (Fsp3) is 0.353. The third-order valence-corrected chi connectivity index (χ3v) is 4.20. The van der Waals surface area contributed by atoms with Gasteiger partial charge in [0.25, 0.3) is 0 Å².